The predicted molar refractivity (Wildman–Crippen MR) is 134 cm³/mol. The Labute approximate surface area is 213 Å². The minimum absolute atomic E-state index is 0.0671. The molecule has 1 atom stereocenters. The van der Waals surface area contributed by atoms with Crippen molar-refractivity contribution in [2.24, 2.45) is 0 Å². The van der Waals surface area contributed by atoms with Crippen molar-refractivity contribution in [1.82, 2.24) is 10.2 Å². The van der Waals surface area contributed by atoms with Crippen molar-refractivity contribution in [3.8, 4) is 0 Å². The molecule has 0 fully saturated rings. The van der Waals surface area contributed by atoms with Crippen LogP contribution in [0.2, 0.25) is 0 Å². The number of methoxy groups -OCH3 is 1. The van der Waals surface area contributed by atoms with Crippen LogP contribution in [0.15, 0.2) is 53.7 Å². The zero-order chi connectivity index (χ0) is 26.9. The van der Waals surface area contributed by atoms with Crippen molar-refractivity contribution in [3.05, 3.63) is 70.9 Å². The molecule has 1 aliphatic heterocycles. The van der Waals surface area contributed by atoms with E-state index in [4.69, 9.17) is 9.47 Å². The fourth-order valence-electron chi connectivity index (χ4n) is 3.80. The molecule has 0 aliphatic carbocycles. The number of amides is 4. The first-order valence-electron chi connectivity index (χ1n) is 11.8. The van der Waals surface area contributed by atoms with Crippen LogP contribution in [-0.4, -0.2) is 49.8 Å². The van der Waals surface area contributed by atoms with Crippen molar-refractivity contribution in [1.29, 1.82) is 0 Å². The van der Waals surface area contributed by atoms with Crippen LogP contribution in [-0.2, 0) is 14.3 Å². The SMILES string of the molecule is CCCCN1C(=O)NC(c2ccc(NC(=O)Nc3ccc(F)c(F)c3)cc2)C(C(=O)OCCOC)=C1C. The molecule has 3 N–H and O–H groups in total. The number of benzene rings is 2. The van der Waals surface area contributed by atoms with Gasteiger partial charge in [-0.15, -0.1) is 0 Å². The third kappa shape index (κ3) is 7.04. The van der Waals surface area contributed by atoms with Gasteiger partial charge in [0.1, 0.15) is 6.61 Å². The lowest BCUT2D eigenvalue weighted by atomic mass is 9.94. The van der Waals surface area contributed by atoms with E-state index in [1.807, 2.05) is 6.92 Å². The summed E-state index contributed by atoms with van der Waals surface area (Å²) in [6.07, 6.45) is 1.65. The monoisotopic (exact) mass is 516 g/mol. The summed E-state index contributed by atoms with van der Waals surface area (Å²) >= 11 is 0. The molecule has 0 radical (unpaired) electrons. The smallest absolute Gasteiger partial charge is 0.338 e. The van der Waals surface area contributed by atoms with Crippen molar-refractivity contribution in [2.75, 3.05) is 37.5 Å². The fourth-order valence-corrected chi connectivity index (χ4v) is 3.80. The summed E-state index contributed by atoms with van der Waals surface area (Å²) in [5.74, 6) is -2.66. The Kier molecular flexibility index (Phi) is 9.56. The van der Waals surface area contributed by atoms with E-state index in [0.29, 0.717) is 29.1 Å². The van der Waals surface area contributed by atoms with Gasteiger partial charge >= 0.3 is 18.0 Å². The number of rotatable bonds is 10. The van der Waals surface area contributed by atoms with E-state index in [2.05, 4.69) is 16.0 Å². The van der Waals surface area contributed by atoms with E-state index in [-0.39, 0.29) is 24.9 Å². The highest BCUT2D eigenvalue weighted by atomic mass is 19.2. The average Bonchev–Trinajstić information content (AvgIpc) is 2.86. The van der Waals surface area contributed by atoms with E-state index < -0.39 is 29.7 Å². The zero-order valence-electron chi connectivity index (χ0n) is 20.9. The Balaban J connectivity index is 1.78. The number of anilines is 2. The summed E-state index contributed by atoms with van der Waals surface area (Å²) in [7, 11) is 1.50. The lowest BCUT2D eigenvalue weighted by molar-refractivity contribution is -0.140. The number of urea groups is 2. The molecule has 2 aromatic carbocycles. The molecule has 3 rings (SSSR count). The number of allylic oxidation sites excluding steroid dienone is 1. The molecule has 0 saturated carbocycles. The quantitative estimate of drug-likeness (QED) is 0.306. The lowest BCUT2D eigenvalue weighted by Crippen LogP contribution is -2.48. The number of unbranched alkanes of at least 4 members (excludes halogenated alkanes) is 1. The van der Waals surface area contributed by atoms with E-state index >= 15 is 0 Å². The van der Waals surface area contributed by atoms with Gasteiger partial charge in [0, 0.05) is 36.8 Å². The second kappa shape index (κ2) is 12.8. The van der Waals surface area contributed by atoms with E-state index in [1.165, 1.54) is 18.1 Å². The third-order valence-electron chi connectivity index (χ3n) is 5.75. The summed E-state index contributed by atoms with van der Waals surface area (Å²) in [4.78, 5) is 39.6. The highest BCUT2D eigenvalue weighted by molar-refractivity contribution is 6.00. The second-order valence-corrected chi connectivity index (χ2v) is 8.35. The predicted octanol–water partition coefficient (Wildman–Crippen LogP) is 4.94. The maximum atomic E-state index is 13.4. The molecule has 11 heteroatoms. The third-order valence-corrected chi connectivity index (χ3v) is 5.75. The molecule has 9 nitrogen and oxygen atoms in total. The van der Waals surface area contributed by atoms with Crippen molar-refractivity contribution in [2.45, 2.75) is 32.7 Å². The first-order valence-corrected chi connectivity index (χ1v) is 11.8. The minimum Gasteiger partial charge on any atom is -0.460 e. The summed E-state index contributed by atoms with van der Waals surface area (Å²) in [5, 5.41) is 7.89. The van der Waals surface area contributed by atoms with E-state index in [1.54, 1.807) is 31.2 Å². The molecular weight excluding hydrogens is 486 g/mol. The molecule has 37 heavy (non-hydrogen) atoms. The Bertz CT molecular complexity index is 1170. The molecule has 0 bridgehead atoms. The molecule has 1 aliphatic rings. The number of ether oxygens (including phenoxy) is 2. The molecule has 0 spiro atoms. The van der Waals surface area contributed by atoms with Gasteiger partial charge in [-0.3, -0.25) is 4.90 Å². The summed E-state index contributed by atoms with van der Waals surface area (Å²) in [5.41, 5.74) is 1.91. The van der Waals surface area contributed by atoms with Gasteiger partial charge in [-0.2, -0.15) is 0 Å². The Morgan fingerprint density at radius 1 is 1.03 bits per heavy atom. The molecule has 2 aromatic rings. The van der Waals surface area contributed by atoms with Crippen LogP contribution in [0.4, 0.5) is 29.7 Å². The minimum atomic E-state index is -1.08. The Morgan fingerprint density at radius 3 is 2.35 bits per heavy atom. The lowest BCUT2D eigenvalue weighted by Gasteiger charge is -2.35. The Morgan fingerprint density at radius 2 is 1.70 bits per heavy atom. The molecule has 0 saturated heterocycles. The molecule has 4 amide bonds. The molecule has 198 valence electrons. The van der Waals surface area contributed by atoms with Gasteiger partial charge in [-0.1, -0.05) is 25.5 Å². The van der Waals surface area contributed by atoms with Crippen LogP contribution >= 0.6 is 0 Å². The van der Waals surface area contributed by atoms with Crippen molar-refractivity contribution < 1.29 is 32.6 Å². The van der Waals surface area contributed by atoms with Gasteiger partial charge in [-0.05, 0) is 43.2 Å². The van der Waals surface area contributed by atoms with E-state index in [9.17, 15) is 23.2 Å². The standard InChI is InChI=1S/C26H30F2N4O5/c1-4-5-12-32-16(2)22(24(33)37-14-13-36-3)23(31-26(32)35)17-6-8-18(9-7-17)29-25(34)30-19-10-11-20(27)21(28)15-19/h6-11,15,23H,4-5,12-14H2,1-3H3,(H,31,35)(H2,29,30,34). The van der Waals surface area contributed by atoms with Crippen molar-refractivity contribution >= 4 is 29.4 Å². The maximum absolute atomic E-state index is 13.4. The molecule has 1 heterocycles. The van der Waals surface area contributed by atoms with Gasteiger partial charge in [-0.25, -0.2) is 23.2 Å². The summed E-state index contributed by atoms with van der Waals surface area (Å²) in [6, 6.07) is 7.80. The Hall–Kier alpha value is -3.99. The average molecular weight is 517 g/mol. The zero-order valence-corrected chi connectivity index (χ0v) is 20.9. The normalized spacial score (nSPS) is 15.3. The molecule has 1 unspecified atom stereocenters. The first-order chi connectivity index (χ1) is 17.7. The fraction of sp³-hybridized carbons (Fsp3) is 0.346. The van der Waals surface area contributed by atoms with Crippen LogP contribution in [0.3, 0.4) is 0 Å². The topological polar surface area (TPSA) is 109 Å². The number of esters is 1. The van der Waals surface area contributed by atoms with Gasteiger partial charge in [0.25, 0.3) is 0 Å². The number of halogens is 2. The molecular formula is C26H30F2N4O5. The summed E-state index contributed by atoms with van der Waals surface area (Å²) in [6.45, 7) is 4.50. The van der Waals surface area contributed by atoms with Crippen molar-refractivity contribution in [3.63, 3.8) is 0 Å². The number of carbonyl (C=O) groups is 3. The van der Waals surface area contributed by atoms with Crippen LogP contribution in [0.25, 0.3) is 0 Å². The van der Waals surface area contributed by atoms with Gasteiger partial charge in [0.05, 0.1) is 18.2 Å². The van der Waals surface area contributed by atoms with Gasteiger partial charge < -0.3 is 25.4 Å². The number of nitrogens with one attached hydrogen (secondary N) is 3. The molecule has 0 aromatic heterocycles. The first kappa shape index (κ1) is 27.6. The van der Waals surface area contributed by atoms with Crippen LogP contribution in [0, 0.1) is 11.6 Å². The number of carbonyl (C=O) groups excluding carboxylic acids is 3. The van der Waals surface area contributed by atoms with Crippen LogP contribution in [0.5, 0.6) is 0 Å². The number of nitrogens with zero attached hydrogens (tertiary/aromatic N) is 1. The maximum Gasteiger partial charge on any atom is 0.338 e. The van der Waals surface area contributed by atoms with Gasteiger partial charge in [0.15, 0.2) is 11.6 Å². The number of hydrogen-bond acceptors (Lipinski definition) is 5. The second-order valence-electron chi connectivity index (χ2n) is 8.35. The van der Waals surface area contributed by atoms with E-state index in [0.717, 1.165) is 25.0 Å². The van der Waals surface area contributed by atoms with Gasteiger partial charge in [0.2, 0.25) is 0 Å². The number of hydrogen-bond donors (Lipinski definition) is 3. The summed E-state index contributed by atoms with van der Waals surface area (Å²) < 4.78 is 36.8. The van der Waals surface area contributed by atoms with Crippen LogP contribution in [0.1, 0.15) is 38.3 Å². The largest absolute Gasteiger partial charge is 0.460 e. The highest BCUT2D eigenvalue weighted by Crippen LogP contribution is 2.32. The highest BCUT2D eigenvalue weighted by Gasteiger charge is 2.36. The van der Waals surface area contributed by atoms with Crippen LogP contribution < -0.4 is 16.0 Å².